The summed E-state index contributed by atoms with van der Waals surface area (Å²) in [5, 5.41) is 7.00. The summed E-state index contributed by atoms with van der Waals surface area (Å²) in [5.74, 6) is 0. The van der Waals surface area contributed by atoms with Gasteiger partial charge >= 0.3 is 0 Å². The van der Waals surface area contributed by atoms with E-state index in [4.69, 9.17) is 5.11 Å². The molecule has 0 saturated carbocycles. The summed E-state index contributed by atoms with van der Waals surface area (Å²) in [6.45, 7) is 2.08. The molecule has 14 heavy (non-hydrogen) atoms. The van der Waals surface area contributed by atoms with Crippen LogP contribution >= 0.6 is 0 Å². The third-order valence-corrected chi connectivity index (χ3v) is 1.15. The van der Waals surface area contributed by atoms with Gasteiger partial charge in [-0.2, -0.15) is 0 Å². The average Bonchev–Trinajstić information content (AvgIpc) is 2.23. The van der Waals surface area contributed by atoms with Crippen LogP contribution < -0.4 is 0 Å². The SMILES string of the molecule is CN(C)C=O.CO.Cc1ccccc1. The quantitative estimate of drug-likeness (QED) is 0.689. The van der Waals surface area contributed by atoms with Crippen LogP contribution in [0.3, 0.4) is 0 Å². The third kappa shape index (κ3) is 13.3. The summed E-state index contributed by atoms with van der Waals surface area (Å²) in [6, 6.07) is 10.3. The standard InChI is InChI=1S/C7H8.C3H7NO.CH4O/c1-7-5-3-2-4-6-7;1-4(2)3-5;1-2/h2-6H,1H3;3H,1-2H3;2H,1H3. The van der Waals surface area contributed by atoms with E-state index in [9.17, 15) is 4.79 Å². The first-order valence-electron chi connectivity index (χ1n) is 4.25. The molecule has 0 radical (unpaired) electrons. The molecule has 0 aliphatic rings. The van der Waals surface area contributed by atoms with Crippen molar-refractivity contribution in [3.63, 3.8) is 0 Å². The largest absolute Gasteiger partial charge is 0.400 e. The first kappa shape index (κ1) is 15.1. The molecule has 0 saturated heterocycles. The molecule has 0 unspecified atom stereocenters. The lowest BCUT2D eigenvalue weighted by molar-refractivity contribution is -0.115. The van der Waals surface area contributed by atoms with Gasteiger partial charge in [-0.1, -0.05) is 35.9 Å². The fourth-order valence-corrected chi connectivity index (χ4v) is 0.534. The number of amides is 1. The van der Waals surface area contributed by atoms with Gasteiger partial charge in [0.15, 0.2) is 0 Å². The van der Waals surface area contributed by atoms with Crippen molar-refractivity contribution in [3.8, 4) is 0 Å². The third-order valence-electron chi connectivity index (χ3n) is 1.15. The molecule has 0 atom stereocenters. The normalized spacial score (nSPS) is 7.21. The fraction of sp³-hybridized carbons (Fsp3) is 0.364. The molecular formula is C11H19NO2. The molecular weight excluding hydrogens is 178 g/mol. The Labute approximate surface area is 86.0 Å². The first-order valence-corrected chi connectivity index (χ1v) is 4.25. The lowest BCUT2D eigenvalue weighted by Gasteiger charge is -1.93. The Kier molecular flexibility index (Phi) is 12.6. The maximum atomic E-state index is 9.43. The number of aliphatic hydroxyl groups excluding tert-OH is 1. The van der Waals surface area contributed by atoms with Crippen LogP contribution in [0.5, 0.6) is 0 Å². The van der Waals surface area contributed by atoms with E-state index >= 15 is 0 Å². The maximum absolute atomic E-state index is 9.43. The van der Waals surface area contributed by atoms with Crippen molar-refractivity contribution in [3.05, 3.63) is 35.9 Å². The second-order valence-electron chi connectivity index (χ2n) is 2.72. The number of hydrogen-bond acceptors (Lipinski definition) is 2. The molecule has 0 aromatic heterocycles. The van der Waals surface area contributed by atoms with E-state index in [1.54, 1.807) is 14.1 Å². The van der Waals surface area contributed by atoms with Gasteiger partial charge in [-0.3, -0.25) is 4.79 Å². The van der Waals surface area contributed by atoms with Crippen LogP contribution in [0.25, 0.3) is 0 Å². The van der Waals surface area contributed by atoms with Gasteiger partial charge in [0.2, 0.25) is 6.41 Å². The van der Waals surface area contributed by atoms with Gasteiger partial charge in [0.05, 0.1) is 0 Å². The molecule has 1 amide bonds. The summed E-state index contributed by atoms with van der Waals surface area (Å²) < 4.78 is 0. The molecule has 0 bridgehead atoms. The fourth-order valence-electron chi connectivity index (χ4n) is 0.534. The van der Waals surface area contributed by atoms with Crippen LogP contribution in [-0.2, 0) is 4.79 Å². The monoisotopic (exact) mass is 197 g/mol. The smallest absolute Gasteiger partial charge is 0.209 e. The zero-order valence-electron chi connectivity index (χ0n) is 9.27. The molecule has 1 N–H and O–H groups in total. The number of carbonyl (C=O) groups excluding carboxylic acids is 1. The van der Waals surface area contributed by atoms with E-state index < -0.39 is 0 Å². The molecule has 1 rings (SSSR count). The molecule has 80 valence electrons. The molecule has 0 aliphatic carbocycles. The van der Waals surface area contributed by atoms with Gasteiger partial charge in [-0.25, -0.2) is 0 Å². The number of aryl methyl sites for hydroxylation is 1. The van der Waals surface area contributed by atoms with Gasteiger partial charge in [0.1, 0.15) is 0 Å². The van der Waals surface area contributed by atoms with Crippen LogP contribution in [0.1, 0.15) is 5.56 Å². The van der Waals surface area contributed by atoms with E-state index in [0.29, 0.717) is 0 Å². The van der Waals surface area contributed by atoms with Crippen molar-refractivity contribution in [1.82, 2.24) is 4.90 Å². The van der Waals surface area contributed by atoms with Gasteiger partial charge in [0.25, 0.3) is 0 Å². The second-order valence-corrected chi connectivity index (χ2v) is 2.72. The minimum atomic E-state index is 0.750. The van der Waals surface area contributed by atoms with E-state index in [1.165, 1.54) is 10.5 Å². The molecule has 1 aromatic carbocycles. The van der Waals surface area contributed by atoms with E-state index in [0.717, 1.165) is 13.5 Å². The summed E-state index contributed by atoms with van der Waals surface area (Å²) in [4.78, 5) is 10.9. The summed E-state index contributed by atoms with van der Waals surface area (Å²) >= 11 is 0. The molecule has 0 aliphatic heterocycles. The summed E-state index contributed by atoms with van der Waals surface area (Å²) in [7, 11) is 4.38. The summed E-state index contributed by atoms with van der Waals surface area (Å²) in [5.41, 5.74) is 1.32. The van der Waals surface area contributed by atoms with Crippen LogP contribution in [0.4, 0.5) is 0 Å². The molecule has 3 heteroatoms. The van der Waals surface area contributed by atoms with Crippen molar-refractivity contribution < 1.29 is 9.90 Å². The Balaban J connectivity index is 0. The Morgan fingerprint density at radius 3 is 1.64 bits per heavy atom. The van der Waals surface area contributed by atoms with Crippen LogP contribution in [0, 0.1) is 6.92 Å². The zero-order chi connectivity index (χ0) is 11.4. The highest BCUT2D eigenvalue weighted by Gasteiger charge is 1.72. The Morgan fingerprint density at radius 2 is 1.50 bits per heavy atom. The lowest BCUT2D eigenvalue weighted by Crippen LogP contribution is -2.06. The van der Waals surface area contributed by atoms with Gasteiger partial charge in [-0.15, -0.1) is 0 Å². The number of carbonyl (C=O) groups is 1. The highest BCUT2D eigenvalue weighted by Crippen LogP contribution is 1.92. The molecule has 0 fully saturated rings. The number of aliphatic hydroxyl groups is 1. The number of nitrogens with zero attached hydrogens (tertiary/aromatic N) is 1. The lowest BCUT2D eigenvalue weighted by atomic mass is 10.2. The van der Waals surface area contributed by atoms with E-state index in [2.05, 4.69) is 19.1 Å². The maximum Gasteiger partial charge on any atom is 0.209 e. The predicted molar refractivity (Wildman–Crippen MR) is 59.1 cm³/mol. The summed E-state index contributed by atoms with van der Waals surface area (Å²) in [6.07, 6.45) is 0.750. The molecule has 1 aromatic rings. The van der Waals surface area contributed by atoms with Crippen molar-refractivity contribution >= 4 is 6.41 Å². The Bertz CT molecular complexity index is 210. The van der Waals surface area contributed by atoms with Crippen molar-refractivity contribution in [2.75, 3.05) is 21.2 Å². The van der Waals surface area contributed by atoms with Gasteiger partial charge in [-0.05, 0) is 6.92 Å². The Hall–Kier alpha value is -1.35. The van der Waals surface area contributed by atoms with Crippen molar-refractivity contribution in [2.45, 2.75) is 6.92 Å². The van der Waals surface area contributed by atoms with E-state index in [-0.39, 0.29) is 0 Å². The van der Waals surface area contributed by atoms with Crippen molar-refractivity contribution in [1.29, 1.82) is 0 Å². The van der Waals surface area contributed by atoms with Crippen molar-refractivity contribution in [2.24, 2.45) is 0 Å². The number of benzene rings is 1. The van der Waals surface area contributed by atoms with E-state index in [1.807, 2.05) is 18.2 Å². The van der Waals surface area contributed by atoms with Crippen LogP contribution in [0.15, 0.2) is 30.3 Å². The van der Waals surface area contributed by atoms with Gasteiger partial charge in [0, 0.05) is 21.2 Å². The molecule has 3 nitrogen and oxygen atoms in total. The Morgan fingerprint density at radius 1 is 1.14 bits per heavy atom. The minimum Gasteiger partial charge on any atom is -0.400 e. The van der Waals surface area contributed by atoms with Gasteiger partial charge < -0.3 is 10.0 Å². The second kappa shape index (κ2) is 11.6. The topological polar surface area (TPSA) is 40.5 Å². The number of rotatable bonds is 1. The zero-order valence-corrected chi connectivity index (χ0v) is 9.27. The molecule has 0 spiro atoms. The highest BCUT2D eigenvalue weighted by molar-refractivity contribution is 5.45. The first-order chi connectivity index (χ1) is 6.66. The number of hydrogen-bond donors (Lipinski definition) is 1. The van der Waals surface area contributed by atoms with Crippen LogP contribution in [-0.4, -0.2) is 37.6 Å². The van der Waals surface area contributed by atoms with Crippen LogP contribution in [0.2, 0.25) is 0 Å². The minimum absolute atomic E-state index is 0.750. The predicted octanol–water partition coefficient (Wildman–Crippen LogP) is 1.31. The highest BCUT2D eigenvalue weighted by atomic mass is 16.2. The molecule has 0 heterocycles. The average molecular weight is 197 g/mol.